The Kier molecular flexibility index (Phi) is 8.43. The van der Waals surface area contributed by atoms with E-state index in [4.69, 9.17) is 11.6 Å². The van der Waals surface area contributed by atoms with Crippen LogP contribution >= 0.6 is 11.6 Å². The van der Waals surface area contributed by atoms with Gasteiger partial charge in [-0.3, -0.25) is 23.4 Å². The van der Waals surface area contributed by atoms with E-state index in [0.29, 0.717) is 17.1 Å². The second-order valence-electron chi connectivity index (χ2n) is 9.88. The fraction of sp³-hybridized carbons (Fsp3) is 0.0938. The molecule has 0 aliphatic rings. The van der Waals surface area contributed by atoms with E-state index in [1.807, 2.05) is 18.2 Å². The molecule has 0 saturated heterocycles. The van der Waals surface area contributed by atoms with Crippen LogP contribution in [0.4, 0.5) is 17.1 Å². The van der Waals surface area contributed by atoms with Gasteiger partial charge in [0.25, 0.3) is 27.4 Å². The fourth-order valence-electron chi connectivity index (χ4n) is 4.61. The third kappa shape index (κ3) is 5.87. The van der Waals surface area contributed by atoms with Gasteiger partial charge in [0.05, 0.1) is 22.1 Å². The molecular formula is C32H28ClN5O5S. The van der Waals surface area contributed by atoms with Crippen molar-refractivity contribution in [2.45, 2.75) is 11.8 Å². The van der Waals surface area contributed by atoms with Crippen molar-refractivity contribution in [1.82, 2.24) is 9.36 Å². The lowest BCUT2D eigenvalue weighted by atomic mass is 10.1. The van der Waals surface area contributed by atoms with Crippen molar-refractivity contribution < 1.29 is 18.0 Å². The molecule has 0 saturated carbocycles. The summed E-state index contributed by atoms with van der Waals surface area (Å²) in [5.74, 6) is -1.15. The molecule has 0 unspecified atom stereocenters. The van der Waals surface area contributed by atoms with Gasteiger partial charge in [-0.1, -0.05) is 54.1 Å². The smallest absolute Gasteiger partial charge is 0.295 e. The number of para-hydroxylation sites is 2. The molecule has 10 nitrogen and oxygen atoms in total. The van der Waals surface area contributed by atoms with Crippen molar-refractivity contribution >= 4 is 50.5 Å². The number of carbonyl (C=O) groups is 2. The normalized spacial score (nSPS) is 11.2. The Morgan fingerprint density at radius 3 is 2.09 bits per heavy atom. The average Bonchev–Trinajstić information content (AvgIpc) is 3.24. The first kappa shape index (κ1) is 30.3. The number of amides is 2. The Morgan fingerprint density at radius 2 is 1.41 bits per heavy atom. The standard InChI is InChI=1S/C32H28ClN5O5S/c1-21-29(32(41)38(36(21)2)26-15-8-5-9-16-26)35-31(40)22-11-10-12-24(19-22)34-30(39)23-17-18-27(33)28(20-23)44(42,43)37(3)25-13-6-4-7-14-25/h4-20H,1-3H3,(H,34,39)(H,35,40). The molecule has 1 heterocycles. The molecule has 5 aromatic rings. The molecule has 2 amide bonds. The number of nitrogens with zero attached hydrogens (tertiary/aromatic N) is 3. The van der Waals surface area contributed by atoms with Crippen LogP contribution in [0, 0.1) is 6.92 Å². The highest BCUT2D eigenvalue weighted by Gasteiger charge is 2.26. The molecule has 12 heteroatoms. The summed E-state index contributed by atoms with van der Waals surface area (Å²) in [6.07, 6.45) is 0. The van der Waals surface area contributed by atoms with Crippen molar-refractivity contribution in [2.75, 3.05) is 22.0 Å². The van der Waals surface area contributed by atoms with E-state index >= 15 is 0 Å². The summed E-state index contributed by atoms with van der Waals surface area (Å²) in [5.41, 5.74) is 1.91. The molecule has 2 N–H and O–H groups in total. The molecule has 5 rings (SSSR count). The van der Waals surface area contributed by atoms with Crippen molar-refractivity contribution in [3.05, 3.63) is 135 Å². The molecule has 0 radical (unpaired) electrons. The predicted molar refractivity (Wildman–Crippen MR) is 172 cm³/mol. The minimum Gasteiger partial charge on any atom is -0.322 e. The lowest BCUT2D eigenvalue weighted by Gasteiger charge is -2.20. The van der Waals surface area contributed by atoms with Crippen molar-refractivity contribution in [1.29, 1.82) is 0 Å². The van der Waals surface area contributed by atoms with E-state index in [2.05, 4.69) is 10.6 Å². The number of hydrogen-bond acceptors (Lipinski definition) is 5. The summed E-state index contributed by atoms with van der Waals surface area (Å²) >= 11 is 6.26. The third-order valence-electron chi connectivity index (χ3n) is 7.13. The van der Waals surface area contributed by atoms with Gasteiger partial charge in [-0.15, -0.1) is 0 Å². The summed E-state index contributed by atoms with van der Waals surface area (Å²) in [6.45, 7) is 1.73. The van der Waals surface area contributed by atoms with Crippen molar-refractivity contribution in [3.8, 4) is 5.69 Å². The molecule has 224 valence electrons. The van der Waals surface area contributed by atoms with E-state index in [1.54, 1.807) is 79.3 Å². The number of nitrogens with one attached hydrogen (secondary N) is 2. The minimum absolute atomic E-state index is 0.0365. The maximum absolute atomic E-state index is 13.3. The molecule has 0 fully saturated rings. The monoisotopic (exact) mass is 629 g/mol. The van der Waals surface area contributed by atoms with Crippen LogP contribution in [0.2, 0.25) is 5.02 Å². The topological polar surface area (TPSA) is 123 Å². The van der Waals surface area contributed by atoms with E-state index < -0.39 is 21.8 Å². The van der Waals surface area contributed by atoms with Gasteiger partial charge in [-0.25, -0.2) is 13.1 Å². The van der Waals surface area contributed by atoms with Crippen LogP contribution in [0.5, 0.6) is 0 Å². The SMILES string of the molecule is Cc1c(NC(=O)c2cccc(NC(=O)c3ccc(Cl)c(S(=O)(=O)N(C)c4ccccc4)c3)c2)c(=O)n(-c2ccccc2)n1C. The lowest BCUT2D eigenvalue weighted by molar-refractivity contribution is 0.101. The molecule has 0 aliphatic heterocycles. The molecule has 0 atom stereocenters. The Bertz CT molecular complexity index is 2040. The molecule has 0 spiro atoms. The van der Waals surface area contributed by atoms with Gasteiger partial charge < -0.3 is 10.6 Å². The van der Waals surface area contributed by atoms with E-state index in [0.717, 1.165) is 4.31 Å². The molecule has 0 bridgehead atoms. The number of benzene rings is 4. The maximum Gasteiger partial charge on any atom is 0.295 e. The van der Waals surface area contributed by atoms with Crippen LogP contribution < -0.4 is 20.5 Å². The molecule has 1 aromatic heterocycles. The fourth-order valence-corrected chi connectivity index (χ4v) is 6.30. The molecule has 44 heavy (non-hydrogen) atoms. The Morgan fingerprint density at radius 1 is 0.795 bits per heavy atom. The first-order chi connectivity index (χ1) is 21.0. The zero-order valence-corrected chi connectivity index (χ0v) is 25.6. The van der Waals surface area contributed by atoms with E-state index in [-0.39, 0.29) is 38.0 Å². The molecular weight excluding hydrogens is 602 g/mol. The van der Waals surface area contributed by atoms with Crippen molar-refractivity contribution in [2.24, 2.45) is 7.05 Å². The quantitative estimate of drug-likeness (QED) is 0.236. The van der Waals surface area contributed by atoms with Crippen LogP contribution in [0.15, 0.2) is 113 Å². The van der Waals surface area contributed by atoms with Crippen LogP contribution in [0.25, 0.3) is 5.69 Å². The zero-order valence-electron chi connectivity index (χ0n) is 24.0. The molecule has 0 aliphatic carbocycles. The number of hydrogen-bond donors (Lipinski definition) is 2. The Balaban J connectivity index is 1.36. The van der Waals surface area contributed by atoms with Gasteiger partial charge in [0.15, 0.2) is 0 Å². The second-order valence-corrected chi connectivity index (χ2v) is 12.2. The molecule has 4 aromatic carbocycles. The summed E-state index contributed by atoms with van der Waals surface area (Å²) in [4.78, 5) is 39.3. The summed E-state index contributed by atoms with van der Waals surface area (Å²) in [5, 5.41) is 5.36. The second kappa shape index (κ2) is 12.2. The van der Waals surface area contributed by atoms with E-state index in [1.165, 1.54) is 36.0 Å². The van der Waals surface area contributed by atoms with Crippen LogP contribution in [-0.2, 0) is 17.1 Å². The largest absolute Gasteiger partial charge is 0.322 e. The number of aromatic nitrogens is 2. The Hall–Kier alpha value is -5.13. The number of anilines is 3. The summed E-state index contributed by atoms with van der Waals surface area (Å²) in [6, 6.07) is 27.7. The van der Waals surface area contributed by atoms with Gasteiger partial charge >= 0.3 is 0 Å². The highest BCUT2D eigenvalue weighted by atomic mass is 35.5. The van der Waals surface area contributed by atoms with Gasteiger partial charge in [-0.2, -0.15) is 0 Å². The maximum atomic E-state index is 13.3. The third-order valence-corrected chi connectivity index (χ3v) is 9.39. The van der Waals surface area contributed by atoms with Gasteiger partial charge in [-0.05, 0) is 67.6 Å². The number of carbonyl (C=O) groups excluding carboxylic acids is 2. The highest BCUT2D eigenvalue weighted by molar-refractivity contribution is 7.93. The van der Waals surface area contributed by atoms with Gasteiger partial charge in [0.1, 0.15) is 10.6 Å². The summed E-state index contributed by atoms with van der Waals surface area (Å²) < 4.78 is 30.9. The average molecular weight is 630 g/mol. The minimum atomic E-state index is -4.09. The van der Waals surface area contributed by atoms with E-state index in [9.17, 15) is 22.8 Å². The number of sulfonamides is 1. The van der Waals surface area contributed by atoms with Crippen molar-refractivity contribution in [3.63, 3.8) is 0 Å². The summed E-state index contributed by atoms with van der Waals surface area (Å²) in [7, 11) is -0.960. The lowest BCUT2D eigenvalue weighted by Crippen LogP contribution is -2.27. The Labute approximate surface area is 259 Å². The van der Waals surface area contributed by atoms with Crippen LogP contribution in [-0.4, -0.2) is 36.6 Å². The van der Waals surface area contributed by atoms with Gasteiger partial charge in [0, 0.05) is 30.9 Å². The number of halogens is 1. The first-order valence-electron chi connectivity index (χ1n) is 13.4. The van der Waals surface area contributed by atoms with Gasteiger partial charge in [0.2, 0.25) is 0 Å². The number of rotatable bonds is 8. The van der Waals surface area contributed by atoms with Crippen LogP contribution in [0.1, 0.15) is 26.4 Å². The zero-order chi connectivity index (χ0) is 31.6. The first-order valence-corrected chi connectivity index (χ1v) is 15.2. The van der Waals surface area contributed by atoms with Crippen LogP contribution in [0.3, 0.4) is 0 Å². The highest BCUT2D eigenvalue weighted by Crippen LogP contribution is 2.29. The predicted octanol–water partition coefficient (Wildman–Crippen LogP) is 5.47.